The molecule has 1 aromatic heterocycles. The maximum Gasteiger partial charge on any atom is 0.0865 e. The first kappa shape index (κ1) is 8.72. The lowest BCUT2D eigenvalue weighted by molar-refractivity contribution is 0.124. The molecule has 4 heteroatoms. The molecule has 0 bridgehead atoms. The highest BCUT2D eigenvalue weighted by molar-refractivity contribution is 5.23. The van der Waals surface area contributed by atoms with Gasteiger partial charge in [0.25, 0.3) is 0 Å². The van der Waals surface area contributed by atoms with Crippen molar-refractivity contribution in [2.24, 2.45) is 7.05 Å². The summed E-state index contributed by atoms with van der Waals surface area (Å²) in [5, 5.41) is 13.9. The van der Waals surface area contributed by atoms with E-state index in [1.165, 1.54) is 0 Å². The lowest BCUT2D eigenvalue weighted by atomic mass is 9.97. The van der Waals surface area contributed by atoms with Crippen LogP contribution < -0.4 is 0 Å². The predicted molar refractivity (Wildman–Crippen MR) is 47.5 cm³/mol. The van der Waals surface area contributed by atoms with Crippen molar-refractivity contribution in [3.63, 3.8) is 0 Å². The molecule has 0 spiro atoms. The number of hydrogen-bond donors (Lipinski definition) is 1. The van der Waals surface area contributed by atoms with Crippen LogP contribution in [0.1, 0.15) is 17.2 Å². The van der Waals surface area contributed by atoms with E-state index in [1.54, 1.807) is 4.68 Å². The van der Waals surface area contributed by atoms with Crippen LogP contribution in [-0.4, -0.2) is 34.2 Å². The summed E-state index contributed by atoms with van der Waals surface area (Å²) in [6.07, 6.45) is 1.58. The van der Waals surface area contributed by atoms with Crippen LogP contribution in [0.5, 0.6) is 0 Å². The number of aliphatic hydroxyl groups excluding tert-OH is 1. The van der Waals surface area contributed by atoms with E-state index in [-0.39, 0.29) is 12.0 Å². The zero-order valence-electron chi connectivity index (χ0n) is 7.90. The number of aromatic nitrogens is 2. The molecule has 1 saturated heterocycles. The molecule has 2 rings (SSSR count). The Balaban J connectivity index is 2.28. The normalized spacial score (nSPS) is 28.2. The molecule has 0 unspecified atom stereocenters. The summed E-state index contributed by atoms with van der Waals surface area (Å²) in [6.45, 7) is 3.01. The van der Waals surface area contributed by atoms with E-state index in [1.807, 2.05) is 20.2 Å². The van der Waals surface area contributed by atoms with E-state index < -0.39 is 0 Å². The standard InChI is InChI=1S/C9H14N2O2/c1-6-7(3-11(2)10-6)8-4-13-5-9(8)12/h3,8-9,12H,4-5H2,1-2H3/t8-,9+/m0/s1. The van der Waals surface area contributed by atoms with Gasteiger partial charge in [0.1, 0.15) is 0 Å². The topological polar surface area (TPSA) is 47.3 Å². The highest BCUT2D eigenvalue weighted by Crippen LogP contribution is 2.27. The van der Waals surface area contributed by atoms with E-state index >= 15 is 0 Å². The summed E-state index contributed by atoms with van der Waals surface area (Å²) in [4.78, 5) is 0. The molecule has 4 nitrogen and oxygen atoms in total. The zero-order valence-corrected chi connectivity index (χ0v) is 7.90. The van der Waals surface area contributed by atoms with Crippen molar-refractivity contribution in [2.45, 2.75) is 18.9 Å². The molecule has 0 aromatic carbocycles. The molecule has 72 valence electrons. The fourth-order valence-corrected chi connectivity index (χ4v) is 1.82. The average molecular weight is 182 g/mol. The van der Waals surface area contributed by atoms with Crippen LogP contribution in [0.15, 0.2) is 6.20 Å². The van der Waals surface area contributed by atoms with Crippen LogP contribution in [0.25, 0.3) is 0 Å². The van der Waals surface area contributed by atoms with Gasteiger partial charge in [-0.2, -0.15) is 5.10 Å². The van der Waals surface area contributed by atoms with Crippen molar-refractivity contribution < 1.29 is 9.84 Å². The van der Waals surface area contributed by atoms with Crippen molar-refractivity contribution in [1.82, 2.24) is 9.78 Å². The lowest BCUT2D eigenvalue weighted by Crippen LogP contribution is -2.15. The Kier molecular flexibility index (Phi) is 2.09. The second-order valence-corrected chi connectivity index (χ2v) is 3.55. The van der Waals surface area contributed by atoms with Crippen LogP contribution >= 0.6 is 0 Å². The van der Waals surface area contributed by atoms with Crippen molar-refractivity contribution in [3.05, 3.63) is 17.5 Å². The molecule has 2 atom stereocenters. The second-order valence-electron chi connectivity index (χ2n) is 3.55. The largest absolute Gasteiger partial charge is 0.390 e. The van der Waals surface area contributed by atoms with E-state index in [9.17, 15) is 5.11 Å². The molecule has 1 aliphatic rings. The molecule has 1 aromatic rings. The molecule has 0 amide bonds. The van der Waals surface area contributed by atoms with E-state index in [0.717, 1.165) is 11.3 Å². The molecular weight excluding hydrogens is 168 g/mol. The first-order valence-electron chi connectivity index (χ1n) is 4.44. The fourth-order valence-electron chi connectivity index (χ4n) is 1.82. The summed E-state index contributed by atoms with van der Waals surface area (Å²) in [5.41, 5.74) is 2.09. The van der Waals surface area contributed by atoms with Gasteiger partial charge in [0.2, 0.25) is 0 Å². The molecule has 0 radical (unpaired) electrons. The minimum atomic E-state index is -0.372. The zero-order chi connectivity index (χ0) is 9.42. The SMILES string of the molecule is Cc1nn(C)cc1[C@@H]1COC[C@H]1O. The van der Waals surface area contributed by atoms with E-state index in [0.29, 0.717) is 13.2 Å². The molecule has 2 heterocycles. The van der Waals surface area contributed by atoms with Gasteiger partial charge in [0.05, 0.1) is 25.0 Å². The molecular formula is C9H14N2O2. The lowest BCUT2D eigenvalue weighted by Gasteiger charge is -2.10. The van der Waals surface area contributed by atoms with Gasteiger partial charge >= 0.3 is 0 Å². The van der Waals surface area contributed by atoms with Gasteiger partial charge < -0.3 is 9.84 Å². The van der Waals surface area contributed by atoms with Gasteiger partial charge in [0.15, 0.2) is 0 Å². The molecule has 13 heavy (non-hydrogen) atoms. The van der Waals surface area contributed by atoms with Crippen molar-refractivity contribution >= 4 is 0 Å². The molecule has 0 saturated carbocycles. The predicted octanol–water partition coefficient (Wildman–Crippen LogP) is 0.203. The molecule has 1 aliphatic heterocycles. The number of rotatable bonds is 1. The summed E-state index contributed by atoms with van der Waals surface area (Å²) < 4.78 is 6.97. The second kappa shape index (κ2) is 3.12. The van der Waals surface area contributed by atoms with Gasteiger partial charge in [-0.25, -0.2) is 0 Å². The maximum absolute atomic E-state index is 9.61. The Hall–Kier alpha value is -0.870. The highest BCUT2D eigenvalue weighted by atomic mass is 16.5. The van der Waals surface area contributed by atoms with Crippen LogP contribution in [0.2, 0.25) is 0 Å². The molecule has 1 fully saturated rings. The van der Waals surface area contributed by atoms with Crippen molar-refractivity contribution in [1.29, 1.82) is 0 Å². The number of ether oxygens (including phenoxy) is 1. The third-order valence-electron chi connectivity index (χ3n) is 2.50. The summed E-state index contributed by atoms with van der Waals surface area (Å²) >= 11 is 0. The molecule has 0 aliphatic carbocycles. The average Bonchev–Trinajstić information content (AvgIpc) is 2.58. The highest BCUT2D eigenvalue weighted by Gasteiger charge is 2.29. The Morgan fingerprint density at radius 1 is 1.62 bits per heavy atom. The third kappa shape index (κ3) is 1.47. The number of nitrogens with zero attached hydrogens (tertiary/aromatic N) is 2. The Labute approximate surface area is 77.1 Å². The Bertz CT molecular complexity index is 309. The van der Waals surface area contributed by atoms with Gasteiger partial charge in [-0.1, -0.05) is 0 Å². The van der Waals surface area contributed by atoms with Gasteiger partial charge in [-0.05, 0) is 6.92 Å². The minimum absolute atomic E-state index is 0.105. The van der Waals surface area contributed by atoms with E-state index in [2.05, 4.69) is 5.10 Å². The quantitative estimate of drug-likeness (QED) is 0.675. The van der Waals surface area contributed by atoms with Gasteiger partial charge in [0, 0.05) is 24.7 Å². The Morgan fingerprint density at radius 2 is 2.38 bits per heavy atom. The number of aryl methyl sites for hydroxylation is 2. The molecule has 1 N–H and O–H groups in total. The smallest absolute Gasteiger partial charge is 0.0865 e. The van der Waals surface area contributed by atoms with E-state index in [4.69, 9.17) is 4.74 Å². The Morgan fingerprint density at radius 3 is 2.85 bits per heavy atom. The van der Waals surface area contributed by atoms with Gasteiger partial charge in [-0.3, -0.25) is 4.68 Å². The summed E-state index contributed by atoms with van der Waals surface area (Å²) in [5.74, 6) is 0.105. The number of hydrogen-bond acceptors (Lipinski definition) is 3. The first-order chi connectivity index (χ1) is 6.18. The van der Waals surface area contributed by atoms with Crippen LogP contribution in [0.4, 0.5) is 0 Å². The van der Waals surface area contributed by atoms with Crippen molar-refractivity contribution in [3.8, 4) is 0 Å². The minimum Gasteiger partial charge on any atom is -0.390 e. The van der Waals surface area contributed by atoms with Crippen LogP contribution in [0.3, 0.4) is 0 Å². The van der Waals surface area contributed by atoms with Crippen LogP contribution in [-0.2, 0) is 11.8 Å². The van der Waals surface area contributed by atoms with Gasteiger partial charge in [-0.15, -0.1) is 0 Å². The van der Waals surface area contributed by atoms with Crippen molar-refractivity contribution in [2.75, 3.05) is 13.2 Å². The third-order valence-corrected chi connectivity index (χ3v) is 2.50. The number of aliphatic hydroxyl groups is 1. The summed E-state index contributed by atoms with van der Waals surface area (Å²) in [7, 11) is 1.89. The maximum atomic E-state index is 9.61. The monoisotopic (exact) mass is 182 g/mol. The first-order valence-corrected chi connectivity index (χ1v) is 4.44. The summed E-state index contributed by atoms with van der Waals surface area (Å²) in [6, 6.07) is 0. The fraction of sp³-hybridized carbons (Fsp3) is 0.667. The van der Waals surface area contributed by atoms with Crippen LogP contribution in [0, 0.1) is 6.92 Å².